The lowest BCUT2D eigenvalue weighted by molar-refractivity contribution is 0.255. The van der Waals surface area contributed by atoms with E-state index in [0.717, 1.165) is 37.9 Å². The molecule has 0 aliphatic carbocycles. The molecular formula is C18H25ClN2O4. The molecule has 7 heteroatoms. The van der Waals surface area contributed by atoms with Crippen LogP contribution in [0.2, 0.25) is 5.02 Å². The van der Waals surface area contributed by atoms with Crippen LogP contribution < -0.4 is 9.47 Å². The van der Waals surface area contributed by atoms with Crippen LogP contribution in [0.5, 0.6) is 11.5 Å². The summed E-state index contributed by atoms with van der Waals surface area (Å²) >= 11 is 6.13. The van der Waals surface area contributed by atoms with E-state index in [1.165, 1.54) is 0 Å². The zero-order valence-corrected chi connectivity index (χ0v) is 15.2. The zero-order valence-electron chi connectivity index (χ0n) is 14.4. The lowest BCUT2D eigenvalue weighted by atomic mass is 10.1. The van der Waals surface area contributed by atoms with Crippen LogP contribution in [-0.2, 0) is 19.6 Å². The molecule has 1 aromatic carbocycles. The van der Waals surface area contributed by atoms with Crippen LogP contribution in [0.3, 0.4) is 0 Å². The number of nitrogens with one attached hydrogen (secondary N) is 1. The van der Waals surface area contributed by atoms with E-state index in [2.05, 4.69) is 9.97 Å². The van der Waals surface area contributed by atoms with Gasteiger partial charge in [-0.15, -0.1) is 0 Å². The van der Waals surface area contributed by atoms with Gasteiger partial charge >= 0.3 is 0 Å². The molecule has 0 aliphatic heterocycles. The number of ether oxygens (including phenoxy) is 2. The Bertz CT molecular complexity index is 639. The first kappa shape index (κ1) is 19.6. The number of unbranched alkanes of at least 4 members (excludes halogenated alkanes) is 3. The average molecular weight is 369 g/mol. The minimum absolute atomic E-state index is 0.131. The average Bonchev–Trinajstić information content (AvgIpc) is 3.04. The first-order valence-electron chi connectivity index (χ1n) is 8.42. The maximum Gasteiger partial charge on any atom is 0.138 e. The standard InChI is InChI=1S/C18H25ClN2O4/c1-24-13-7-8-17(14(19)10-13)25-9-5-3-2-4-6-18-20-15(11-22)16(12-23)21-18/h7-8,10,22-23H,2-6,9,11-12H2,1H3,(H,20,21). The van der Waals surface area contributed by atoms with Crippen LogP contribution in [0.4, 0.5) is 0 Å². The van der Waals surface area contributed by atoms with Crippen molar-refractivity contribution < 1.29 is 19.7 Å². The summed E-state index contributed by atoms with van der Waals surface area (Å²) in [6, 6.07) is 5.38. The Balaban J connectivity index is 1.61. The van der Waals surface area contributed by atoms with Gasteiger partial charge in [-0.25, -0.2) is 4.98 Å². The highest BCUT2D eigenvalue weighted by atomic mass is 35.5. The van der Waals surface area contributed by atoms with Crippen LogP contribution in [0.15, 0.2) is 18.2 Å². The molecule has 1 heterocycles. The summed E-state index contributed by atoms with van der Waals surface area (Å²) in [7, 11) is 1.60. The van der Waals surface area contributed by atoms with Crippen molar-refractivity contribution in [3.8, 4) is 11.5 Å². The van der Waals surface area contributed by atoms with Crippen molar-refractivity contribution in [1.82, 2.24) is 9.97 Å². The molecule has 0 saturated carbocycles. The molecule has 1 aromatic heterocycles. The number of aromatic nitrogens is 2. The van der Waals surface area contributed by atoms with Crippen molar-refractivity contribution in [3.05, 3.63) is 40.4 Å². The normalized spacial score (nSPS) is 10.9. The van der Waals surface area contributed by atoms with Crippen molar-refractivity contribution >= 4 is 11.6 Å². The summed E-state index contributed by atoms with van der Waals surface area (Å²) in [5.74, 6) is 2.20. The summed E-state index contributed by atoms with van der Waals surface area (Å²) in [5, 5.41) is 18.9. The molecule has 0 atom stereocenters. The van der Waals surface area contributed by atoms with Gasteiger partial charge in [0, 0.05) is 12.5 Å². The lowest BCUT2D eigenvalue weighted by Crippen LogP contribution is -1.98. The Kier molecular flexibility index (Phi) is 8.04. The van der Waals surface area contributed by atoms with Crippen molar-refractivity contribution in [2.45, 2.75) is 45.3 Å². The minimum Gasteiger partial charge on any atom is -0.497 e. The van der Waals surface area contributed by atoms with Gasteiger partial charge in [0.15, 0.2) is 0 Å². The molecule has 0 fully saturated rings. The Hall–Kier alpha value is -1.76. The number of aliphatic hydroxyl groups excluding tert-OH is 2. The fourth-order valence-corrected chi connectivity index (χ4v) is 2.77. The van der Waals surface area contributed by atoms with Gasteiger partial charge in [-0.05, 0) is 25.0 Å². The SMILES string of the molecule is COc1ccc(OCCCCCCc2nc(CO)c(CO)[nH]2)c(Cl)c1. The molecule has 0 spiro atoms. The number of aryl methyl sites for hydroxylation is 1. The van der Waals surface area contributed by atoms with Crippen LogP contribution in [0.25, 0.3) is 0 Å². The maximum atomic E-state index is 9.16. The van der Waals surface area contributed by atoms with Crippen molar-refractivity contribution in [2.75, 3.05) is 13.7 Å². The molecule has 0 saturated heterocycles. The van der Waals surface area contributed by atoms with Gasteiger partial charge in [0.25, 0.3) is 0 Å². The first-order valence-corrected chi connectivity index (χ1v) is 8.80. The van der Waals surface area contributed by atoms with E-state index in [9.17, 15) is 0 Å². The number of methoxy groups -OCH3 is 1. The summed E-state index contributed by atoms with van der Waals surface area (Å²) in [4.78, 5) is 7.33. The van der Waals surface area contributed by atoms with Crippen LogP contribution in [0, 0.1) is 0 Å². The third-order valence-electron chi connectivity index (χ3n) is 3.93. The van der Waals surface area contributed by atoms with E-state index in [0.29, 0.717) is 34.5 Å². The predicted octanol–water partition coefficient (Wildman–Crippen LogP) is 3.24. The molecule has 0 unspecified atom stereocenters. The second-order valence-electron chi connectivity index (χ2n) is 5.73. The van der Waals surface area contributed by atoms with Gasteiger partial charge < -0.3 is 24.7 Å². The molecule has 2 rings (SSSR count). The highest BCUT2D eigenvalue weighted by molar-refractivity contribution is 6.32. The van der Waals surface area contributed by atoms with Gasteiger partial charge in [0.2, 0.25) is 0 Å². The first-order chi connectivity index (χ1) is 12.2. The fourth-order valence-electron chi connectivity index (χ4n) is 2.54. The number of aromatic amines is 1. The predicted molar refractivity (Wildman–Crippen MR) is 96.1 cm³/mol. The molecule has 0 amide bonds. The van der Waals surface area contributed by atoms with Crippen LogP contribution in [-0.4, -0.2) is 33.9 Å². The number of aliphatic hydroxyl groups is 2. The quantitative estimate of drug-likeness (QED) is 0.530. The number of halogens is 1. The molecule has 0 aliphatic rings. The largest absolute Gasteiger partial charge is 0.497 e. The molecule has 138 valence electrons. The topological polar surface area (TPSA) is 87.6 Å². The Labute approximate surface area is 152 Å². The molecule has 6 nitrogen and oxygen atoms in total. The summed E-state index contributed by atoms with van der Waals surface area (Å²) in [6.45, 7) is 0.335. The minimum atomic E-state index is -0.155. The second kappa shape index (κ2) is 10.3. The third kappa shape index (κ3) is 5.92. The number of hydrogen-bond donors (Lipinski definition) is 3. The highest BCUT2D eigenvalue weighted by Gasteiger charge is 2.08. The Morgan fingerprint density at radius 2 is 1.92 bits per heavy atom. The number of H-pyrrole nitrogens is 1. The molecule has 0 radical (unpaired) electrons. The number of hydrogen-bond acceptors (Lipinski definition) is 5. The van der Waals surface area contributed by atoms with Crippen LogP contribution in [0.1, 0.15) is 42.9 Å². The third-order valence-corrected chi connectivity index (χ3v) is 4.22. The number of rotatable bonds is 11. The maximum absolute atomic E-state index is 9.16. The van der Waals surface area contributed by atoms with E-state index in [-0.39, 0.29) is 13.2 Å². The van der Waals surface area contributed by atoms with Gasteiger partial charge in [-0.2, -0.15) is 0 Å². The van der Waals surface area contributed by atoms with E-state index in [1.807, 2.05) is 12.1 Å². The Morgan fingerprint density at radius 1 is 1.12 bits per heavy atom. The van der Waals surface area contributed by atoms with Crippen molar-refractivity contribution in [3.63, 3.8) is 0 Å². The smallest absolute Gasteiger partial charge is 0.138 e. The molecule has 0 bridgehead atoms. The van der Waals surface area contributed by atoms with E-state index in [4.69, 9.17) is 31.3 Å². The number of nitrogens with zero attached hydrogens (tertiary/aromatic N) is 1. The summed E-state index contributed by atoms with van der Waals surface area (Å²) < 4.78 is 10.8. The van der Waals surface area contributed by atoms with Crippen molar-refractivity contribution in [1.29, 1.82) is 0 Å². The second-order valence-corrected chi connectivity index (χ2v) is 6.14. The number of imidazole rings is 1. The number of benzene rings is 1. The molecule has 2 aromatic rings. The highest BCUT2D eigenvalue weighted by Crippen LogP contribution is 2.28. The van der Waals surface area contributed by atoms with Crippen molar-refractivity contribution in [2.24, 2.45) is 0 Å². The fraction of sp³-hybridized carbons (Fsp3) is 0.500. The summed E-state index contributed by atoms with van der Waals surface area (Å²) in [6.07, 6.45) is 4.85. The van der Waals surface area contributed by atoms with Gasteiger partial charge in [0.05, 0.1) is 43.3 Å². The van der Waals surface area contributed by atoms with E-state index >= 15 is 0 Å². The van der Waals surface area contributed by atoms with E-state index in [1.54, 1.807) is 13.2 Å². The van der Waals surface area contributed by atoms with Gasteiger partial charge in [-0.1, -0.05) is 24.4 Å². The zero-order chi connectivity index (χ0) is 18.1. The lowest BCUT2D eigenvalue weighted by Gasteiger charge is -2.09. The van der Waals surface area contributed by atoms with Gasteiger partial charge in [0.1, 0.15) is 17.3 Å². The monoisotopic (exact) mass is 368 g/mol. The molecule has 3 N–H and O–H groups in total. The Morgan fingerprint density at radius 3 is 2.56 bits per heavy atom. The van der Waals surface area contributed by atoms with Gasteiger partial charge in [-0.3, -0.25) is 0 Å². The summed E-state index contributed by atoms with van der Waals surface area (Å²) in [5.41, 5.74) is 1.13. The molecular weight excluding hydrogens is 344 g/mol. The van der Waals surface area contributed by atoms with E-state index < -0.39 is 0 Å². The van der Waals surface area contributed by atoms with Crippen LogP contribution >= 0.6 is 11.6 Å². The molecule has 25 heavy (non-hydrogen) atoms.